The van der Waals surface area contributed by atoms with Gasteiger partial charge in [0.15, 0.2) is 12.4 Å². The Hall–Kier alpha value is -3.22. The van der Waals surface area contributed by atoms with Gasteiger partial charge < -0.3 is 10.1 Å². The van der Waals surface area contributed by atoms with Gasteiger partial charge in [-0.05, 0) is 49.2 Å². The Morgan fingerprint density at radius 3 is 2.73 bits per heavy atom. The summed E-state index contributed by atoms with van der Waals surface area (Å²) < 4.78 is 33.7. The molecule has 0 bridgehead atoms. The van der Waals surface area contributed by atoms with Crippen molar-refractivity contribution in [3.63, 3.8) is 0 Å². The third-order valence-electron chi connectivity index (χ3n) is 3.75. The van der Waals surface area contributed by atoms with Crippen LogP contribution in [-0.4, -0.2) is 15.7 Å². The molecule has 0 radical (unpaired) electrons. The summed E-state index contributed by atoms with van der Waals surface area (Å²) in [6.07, 6.45) is 1.58. The lowest BCUT2D eigenvalue weighted by atomic mass is 10.1. The SMILES string of the molecule is Cc1ccc(C)c(OCn2ccc(C(=O)Nc3ccc(F)cc3F)n2)c1. The van der Waals surface area contributed by atoms with Crippen molar-refractivity contribution in [2.75, 3.05) is 5.32 Å². The molecule has 1 amide bonds. The average molecular weight is 357 g/mol. The summed E-state index contributed by atoms with van der Waals surface area (Å²) in [6.45, 7) is 4.04. The second kappa shape index (κ2) is 7.35. The first-order valence-corrected chi connectivity index (χ1v) is 7.92. The summed E-state index contributed by atoms with van der Waals surface area (Å²) >= 11 is 0. The van der Waals surface area contributed by atoms with Crippen LogP contribution in [0.15, 0.2) is 48.7 Å². The fourth-order valence-electron chi connectivity index (χ4n) is 2.33. The summed E-state index contributed by atoms with van der Waals surface area (Å²) in [5.74, 6) is -1.43. The summed E-state index contributed by atoms with van der Waals surface area (Å²) in [4.78, 5) is 12.1. The lowest BCUT2D eigenvalue weighted by Gasteiger charge is -2.10. The fourth-order valence-corrected chi connectivity index (χ4v) is 2.33. The third-order valence-corrected chi connectivity index (χ3v) is 3.75. The molecule has 0 saturated heterocycles. The van der Waals surface area contributed by atoms with Crippen LogP contribution in [0.3, 0.4) is 0 Å². The number of amides is 1. The molecule has 0 aliphatic heterocycles. The molecule has 3 rings (SSSR count). The van der Waals surface area contributed by atoms with Crippen LogP contribution in [0.2, 0.25) is 0 Å². The average Bonchev–Trinajstić information content (AvgIpc) is 3.07. The van der Waals surface area contributed by atoms with Gasteiger partial charge in [0.05, 0.1) is 5.69 Å². The van der Waals surface area contributed by atoms with Gasteiger partial charge in [0.25, 0.3) is 5.91 Å². The van der Waals surface area contributed by atoms with E-state index in [1.165, 1.54) is 10.7 Å². The molecule has 1 aromatic heterocycles. The first kappa shape index (κ1) is 17.6. The van der Waals surface area contributed by atoms with Gasteiger partial charge in [-0.15, -0.1) is 0 Å². The smallest absolute Gasteiger partial charge is 0.276 e. The Labute approximate surface area is 149 Å². The van der Waals surface area contributed by atoms with Gasteiger partial charge >= 0.3 is 0 Å². The van der Waals surface area contributed by atoms with E-state index in [1.807, 2.05) is 32.0 Å². The number of carbonyl (C=O) groups excluding carboxylic acids is 1. The van der Waals surface area contributed by atoms with Gasteiger partial charge in [-0.25, -0.2) is 13.5 Å². The highest BCUT2D eigenvalue weighted by Crippen LogP contribution is 2.19. The maximum Gasteiger partial charge on any atom is 0.276 e. The maximum atomic E-state index is 13.6. The minimum absolute atomic E-state index is 0.0956. The van der Waals surface area contributed by atoms with Crippen molar-refractivity contribution in [2.24, 2.45) is 0 Å². The van der Waals surface area contributed by atoms with E-state index in [0.717, 1.165) is 29.0 Å². The number of rotatable bonds is 5. The number of aromatic nitrogens is 2. The van der Waals surface area contributed by atoms with Crippen LogP contribution < -0.4 is 10.1 Å². The zero-order chi connectivity index (χ0) is 18.7. The van der Waals surface area contributed by atoms with Gasteiger partial charge in [0, 0.05) is 12.3 Å². The van der Waals surface area contributed by atoms with E-state index in [-0.39, 0.29) is 18.1 Å². The molecule has 0 saturated carbocycles. The molecule has 1 N–H and O–H groups in total. The molecule has 0 spiro atoms. The van der Waals surface area contributed by atoms with Gasteiger partial charge in [-0.2, -0.15) is 5.10 Å². The number of aryl methyl sites for hydroxylation is 2. The molecule has 26 heavy (non-hydrogen) atoms. The summed E-state index contributed by atoms with van der Waals surface area (Å²) in [5, 5.41) is 6.46. The van der Waals surface area contributed by atoms with Crippen LogP contribution in [0.25, 0.3) is 0 Å². The zero-order valence-corrected chi connectivity index (χ0v) is 14.3. The number of halogens is 2. The summed E-state index contributed by atoms with van der Waals surface area (Å²) in [5.41, 5.74) is 2.05. The number of anilines is 1. The number of hydrogen-bond acceptors (Lipinski definition) is 3. The van der Waals surface area contributed by atoms with Crippen molar-refractivity contribution < 1.29 is 18.3 Å². The third kappa shape index (κ3) is 4.05. The van der Waals surface area contributed by atoms with Crippen LogP contribution in [-0.2, 0) is 6.73 Å². The van der Waals surface area contributed by atoms with Crippen LogP contribution in [0.1, 0.15) is 21.6 Å². The molecular formula is C19H17F2N3O2. The molecule has 2 aromatic carbocycles. The lowest BCUT2D eigenvalue weighted by molar-refractivity contribution is 0.101. The van der Waals surface area contributed by atoms with Crippen molar-refractivity contribution in [1.29, 1.82) is 0 Å². The highest BCUT2D eigenvalue weighted by molar-refractivity contribution is 6.02. The summed E-state index contributed by atoms with van der Waals surface area (Å²) in [6, 6.07) is 10.3. The van der Waals surface area contributed by atoms with E-state index < -0.39 is 17.5 Å². The Kier molecular flexibility index (Phi) is 4.97. The van der Waals surface area contributed by atoms with Gasteiger partial charge in [0.1, 0.15) is 17.4 Å². The molecule has 3 aromatic rings. The lowest BCUT2D eigenvalue weighted by Crippen LogP contribution is -2.15. The summed E-state index contributed by atoms with van der Waals surface area (Å²) in [7, 11) is 0. The van der Waals surface area contributed by atoms with Crippen molar-refractivity contribution in [1.82, 2.24) is 9.78 Å². The second-order valence-corrected chi connectivity index (χ2v) is 5.86. The van der Waals surface area contributed by atoms with Crippen molar-refractivity contribution >= 4 is 11.6 Å². The van der Waals surface area contributed by atoms with Crippen molar-refractivity contribution in [3.05, 3.63) is 77.1 Å². The van der Waals surface area contributed by atoms with Crippen LogP contribution in [0.4, 0.5) is 14.5 Å². The minimum atomic E-state index is -0.851. The van der Waals surface area contributed by atoms with E-state index in [4.69, 9.17) is 4.74 Å². The quantitative estimate of drug-likeness (QED) is 0.749. The highest BCUT2D eigenvalue weighted by Gasteiger charge is 2.13. The van der Waals surface area contributed by atoms with Crippen LogP contribution in [0.5, 0.6) is 5.75 Å². The number of benzene rings is 2. The molecule has 7 heteroatoms. The fraction of sp³-hybridized carbons (Fsp3) is 0.158. The number of nitrogens with zero attached hydrogens (tertiary/aromatic N) is 2. The van der Waals surface area contributed by atoms with E-state index in [2.05, 4.69) is 10.4 Å². The topological polar surface area (TPSA) is 56.1 Å². The Balaban J connectivity index is 1.65. The van der Waals surface area contributed by atoms with Crippen LogP contribution >= 0.6 is 0 Å². The molecule has 0 aliphatic carbocycles. The second-order valence-electron chi connectivity index (χ2n) is 5.86. The minimum Gasteiger partial charge on any atom is -0.471 e. The molecule has 134 valence electrons. The standard InChI is InChI=1S/C19H17F2N3O2/c1-12-3-4-13(2)18(9-12)26-11-24-8-7-17(23-24)19(25)22-16-6-5-14(20)10-15(16)21/h3-10H,11H2,1-2H3,(H,22,25). The molecule has 5 nitrogen and oxygen atoms in total. The number of hydrogen-bond donors (Lipinski definition) is 1. The largest absolute Gasteiger partial charge is 0.471 e. The Bertz CT molecular complexity index is 954. The predicted molar refractivity (Wildman–Crippen MR) is 93.1 cm³/mol. The van der Waals surface area contributed by atoms with Gasteiger partial charge in [-0.1, -0.05) is 12.1 Å². The normalized spacial score (nSPS) is 10.6. The zero-order valence-electron chi connectivity index (χ0n) is 14.3. The Morgan fingerprint density at radius 1 is 1.15 bits per heavy atom. The first-order chi connectivity index (χ1) is 12.4. The molecule has 0 atom stereocenters. The van der Waals surface area contributed by atoms with Gasteiger partial charge in [0.2, 0.25) is 0 Å². The monoisotopic (exact) mass is 357 g/mol. The first-order valence-electron chi connectivity index (χ1n) is 7.92. The van der Waals surface area contributed by atoms with Crippen molar-refractivity contribution in [2.45, 2.75) is 20.6 Å². The molecule has 0 fully saturated rings. The van der Waals surface area contributed by atoms with Gasteiger partial charge in [-0.3, -0.25) is 4.79 Å². The molecule has 0 unspecified atom stereocenters. The number of ether oxygens (including phenoxy) is 1. The molecular weight excluding hydrogens is 340 g/mol. The Morgan fingerprint density at radius 2 is 1.96 bits per heavy atom. The molecule has 0 aliphatic rings. The van der Waals surface area contributed by atoms with E-state index in [9.17, 15) is 13.6 Å². The maximum absolute atomic E-state index is 13.6. The predicted octanol–water partition coefficient (Wildman–Crippen LogP) is 4.07. The van der Waals surface area contributed by atoms with E-state index >= 15 is 0 Å². The van der Waals surface area contributed by atoms with Crippen LogP contribution in [0, 0.1) is 25.5 Å². The highest BCUT2D eigenvalue weighted by atomic mass is 19.1. The number of carbonyl (C=O) groups is 1. The van der Waals surface area contributed by atoms with E-state index in [0.29, 0.717) is 6.07 Å². The van der Waals surface area contributed by atoms with E-state index in [1.54, 1.807) is 6.20 Å². The number of nitrogens with one attached hydrogen (secondary N) is 1. The molecule has 1 heterocycles. The van der Waals surface area contributed by atoms with Crippen molar-refractivity contribution in [3.8, 4) is 5.75 Å².